The second-order valence-electron chi connectivity index (χ2n) is 10.6. The maximum absolute atomic E-state index is 12.6. The third-order valence-electron chi connectivity index (χ3n) is 7.72. The van der Waals surface area contributed by atoms with Crippen LogP contribution in [-0.4, -0.2) is 57.8 Å². The predicted molar refractivity (Wildman–Crippen MR) is 157 cm³/mol. The molecule has 2 aliphatic rings. The molecule has 0 amide bonds. The maximum atomic E-state index is 12.6. The van der Waals surface area contributed by atoms with Gasteiger partial charge in [-0.3, -0.25) is 0 Å². The molecule has 5 rings (SSSR count). The zero-order valence-electron chi connectivity index (χ0n) is 24.4. The number of hydrogen-bond donors (Lipinski definition) is 1. The van der Waals surface area contributed by atoms with Gasteiger partial charge in [0.1, 0.15) is 23.7 Å². The number of benzene rings is 3. The number of methoxy groups -OCH3 is 2. The SMILES string of the molecule is CCCCc1ccc(OCOC)c(CN2c3ccccc3[C@]3(O)C[C@@H](COC(=O)c4ccccc4)OC23)c1OCOC. The van der Waals surface area contributed by atoms with E-state index in [0.29, 0.717) is 23.6 Å². The van der Waals surface area contributed by atoms with E-state index in [1.165, 1.54) is 0 Å². The first-order valence-electron chi connectivity index (χ1n) is 14.3. The van der Waals surface area contributed by atoms with Crippen molar-refractivity contribution in [2.24, 2.45) is 0 Å². The van der Waals surface area contributed by atoms with Gasteiger partial charge in [0.05, 0.1) is 23.8 Å². The van der Waals surface area contributed by atoms with Gasteiger partial charge < -0.3 is 38.4 Å². The smallest absolute Gasteiger partial charge is 0.338 e. The standard InChI is InChI=1S/C33H39NO8/c1-4-5-11-23-16-17-29(40-21-37-2)26(30(23)41-22-38-3)19-34-28-15-10-9-14-27(28)33(36)18-25(42-32(33)34)20-39-31(35)24-12-7-6-8-13-24/h6-10,12-17,25,32,36H,4-5,11,18-22H2,1-3H3/t25-,32?,33+/m0/s1. The van der Waals surface area contributed by atoms with E-state index in [-0.39, 0.29) is 26.6 Å². The molecular formula is C33H39NO8. The van der Waals surface area contributed by atoms with Gasteiger partial charge in [0, 0.05) is 31.9 Å². The highest BCUT2D eigenvalue weighted by molar-refractivity contribution is 5.89. The molecule has 0 saturated carbocycles. The fourth-order valence-electron chi connectivity index (χ4n) is 5.77. The number of para-hydroxylation sites is 1. The fraction of sp³-hybridized carbons (Fsp3) is 0.424. The Morgan fingerprint density at radius 1 is 1.00 bits per heavy atom. The van der Waals surface area contributed by atoms with Crippen LogP contribution >= 0.6 is 0 Å². The molecule has 1 fully saturated rings. The van der Waals surface area contributed by atoms with Crippen LogP contribution in [0.5, 0.6) is 11.5 Å². The molecule has 2 aliphatic heterocycles. The Kier molecular flexibility index (Phi) is 9.64. The molecule has 1 saturated heterocycles. The molecule has 0 aliphatic carbocycles. The summed E-state index contributed by atoms with van der Waals surface area (Å²) in [6, 6.07) is 20.5. The first-order valence-corrected chi connectivity index (χ1v) is 14.3. The van der Waals surface area contributed by atoms with Crippen LogP contribution in [0, 0.1) is 0 Å². The van der Waals surface area contributed by atoms with E-state index >= 15 is 0 Å². The Bertz CT molecular complexity index is 1350. The minimum atomic E-state index is -1.29. The molecule has 42 heavy (non-hydrogen) atoms. The van der Waals surface area contributed by atoms with Crippen molar-refractivity contribution in [3.8, 4) is 11.5 Å². The number of nitrogens with zero attached hydrogens (tertiary/aromatic N) is 1. The Morgan fingerprint density at radius 3 is 2.50 bits per heavy atom. The number of unbranched alkanes of at least 4 members (excludes halogenated alkanes) is 1. The maximum Gasteiger partial charge on any atom is 0.338 e. The second kappa shape index (κ2) is 13.6. The molecule has 0 aromatic heterocycles. The molecule has 0 radical (unpaired) electrons. The van der Waals surface area contributed by atoms with Gasteiger partial charge in [-0.05, 0) is 42.7 Å². The number of hydrogen-bond acceptors (Lipinski definition) is 9. The summed E-state index contributed by atoms with van der Waals surface area (Å²) in [5.74, 6) is 0.880. The highest BCUT2D eigenvalue weighted by Crippen LogP contribution is 2.52. The lowest BCUT2D eigenvalue weighted by molar-refractivity contribution is -0.0511. The van der Waals surface area contributed by atoms with Gasteiger partial charge in [-0.15, -0.1) is 0 Å². The molecule has 224 valence electrons. The molecule has 3 aromatic rings. The normalized spacial score (nSPS) is 20.7. The summed E-state index contributed by atoms with van der Waals surface area (Å²) in [6.07, 6.45) is 1.96. The van der Waals surface area contributed by atoms with Crippen LogP contribution in [0.25, 0.3) is 0 Å². The molecule has 1 unspecified atom stereocenters. The van der Waals surface area contributed by atoms with Gasteiger partial charge in [-0.25, -0.2) is 4.79 Å². The van der Waals surface area contributed by atoms with Crippen molar-refractivity contribution in [3.63, 3.8) is 0 Å². The van der Waals surface area contributed by atoms with Gasteiger partial charge in [0.25, 0.3) is 0 Å². The van der Waals surface area contributed by atoms with E-state index in [9.17, 15) is 9.90 Å². The second-order valence-corrected chi connectivity index (χ2v) is 10.6. The number of ether oxygens (including phenoxy) is 6. The number of carbonyl (C=O) groups excluding carboxylic acids is 1. The molecular weight excluding hydrogens is 538 g/mol. The summed E-state index contributed by atoms with van der Waals surface area (Å²) >= 11 is 0. The number of aryl methyl sites for hydroxylation is 1. The van der Waals surface area contributed by atoms with Crippen LogP contribution in [0.2, 0.25) is 0 Å². The summed E-state index contributed by atoms with van der Waals surface area (Å²) < 4.78 is 34.7. The summed E-state index contributed by atoms with van der Waals surface area (Å²) in [5, 5.41) is 12.1. The van der Waals surface area contributed by atoms with Crippen LogP contribution in [-0.2, 0) is 37.5 Å². The molecule has 9 heteroatoms. The summed E-state index contributed by atoms with van der Waals surface area (Å²) in [7, 11) is 3.16. The number of anilines is 1. The quantitative estimate of drug-likeness (QED) is 0.206. The highest BCUT2D eigenvalue weighted by atomic mass is 16.7. The lowest BCUT2D eigenvalue weighted by atomic mass is 9.91. The lowest BCUT2D eigenvalue weighted by Gasteiger charge is -2.31. The van der Waals surface area contributed by atoms with Gasteiger partial charge in [-0.1, -0.05) is 55.8 Å². The number of rotatable bonds is 14. The van der Waals surface area contributed by atoms with E-state index < -0.39 is 23.9 Å². The van der Waals surface area contributed by atoms with Crippen LogP contribution in [0.15, 0.2) is 66.7 Å². The Morgan fingerprint density at radius 2 is 1.74 bits per heavy atom. The average Bonchev–Trinajstić information content (AvgIpc) is 3.47. The molecule has 3 aromatic carbocycles. The minimum Gasteiger partial charge on any atom is -0.467 e. The van der Waals surface area contributed by atoms with Crippen molar-refractivity contribution in [2.45, 2.75) is 57.1 Å². The summed E-state index contributed by atoms with van der Waals surface area (Å²) in [5.41, 5.74) is 2.67. The van der Waals surface area contributed by atoms with Crippen molar-refractivity contribution in [2.75, 3.05) is 39.3 Å². The molecule has 1 N–H and O–H groups in total. The average molecular weight is 578 g/mol. The van der Waals surface area contributed by atoms with E-state index in [2.05, 4.69) is 6.92 Å². The molecule has 2 heterocycles. The van der Waals surface area contributed by atoms with Crippen molar-refractivity contribution in [1.82, 2.24) is 0 Å². The number of aliphatic hydroxyl groups is 1. The largest absolute Gasteiger partial charge is 0.467 e. The summed E-state index contributed by atoms with van der Waals surface area (Å²) in [6.45, 7) is 2.66. The first-order chi connectivity index (χ1) is 20.5. The number of carbonyl (C=O) groups is 1. The Labute approximate surface area is 246 Å². The van der Waals surface area contributed by atoms with Crippen molar-refractivity contribution in [1.29, 1.82) is 0 Å². The van der Waals surface area contributed by atoms with E-state index in [4.69, 9.17) is 28.4 Å². The topological polar surface area (TPSA) is 95.9 Å². The van der Waals surface area contributed by atoms with E-state index in [1.807, 2.05) is 47.4 Å². The first kappa shape index (κ1) is 29.8. The minimum absolute atomic E-state index is 0.0272. The van der Waals surface area contributed by atoms with Crippen LogP contribution < -0.4 is 14.4 Å². The number of esters is 1. The fourth-order valence-corrected chi connectivity index (χ4v) is 5.77. The van der Waals surface area contributed by atoms with Gasteiger partial charge in [0.15, 0.2) is 19.8 Å². The van der Waals surface area contributed by atoms with Gasteiger partial charge in [-0.2, -0.15) is 0 Å². The molecule has 0 spiro atoms. The molecule has 0 bridgehead atoms. The van der Waals surface area contributed by atoms with Crippen molar-refractivity contribution >= 4 is 11.7 Å². The van der Waals surface area contributed by atoms with E-state index in [0.717, 1.165) is 41.6 Å². The third-order valence-corrected chi connectivity index (χ3v) is 7.72. The zero-order chi connectivity index (χ0) is 29.5. The van der Waals surface area contributed by atoms with Crippen LogP contribution in [0.3, 0.4) is 0 Å². The van der Waals surface area contributed by atoms with Crippen LogP contribution in [0.1, 0.15) is 53.2 Å². The zero-order valence-corrected chi connectivity index (χ0v) is 24.4. The number of fused-ring (bicyclic) bond motifs is 3. The van der Waals surface area contributed by atoms with Gasteiger partial charge >= 0.3 is 5.97 Å². The van der Waals surface area contributed by atoms with Gasteiger partial charge in [0.2, 0.25) is 0 Å². The van der Waals surface area contributed by atoms with Crippen molar-refractivity contribution < 1.29 is 38.3 Å². The monoisotopic (exact) mass is 577 g/mol. The highest BCUT2D eigenvalue weighted by Gasteiger charge is 2.57. The molecule has 9 nitrogen and oxygen atoms in total. The predicted octanol–water partition coefficient (Wildman–Crippen LogP) is 5.17. The van der Waals surface area contributed by atoms with E-state index in [1.54, 1.807) is 38.5 Å². The lowest BCUT2D eigenvalue weighted by Crippen LogP contribution is -2.41. The Balaban J connectivity index is 1.45. The van der Waals surface area contributed by atoms with Crippen molar-refractivity contribution in [3.05, 3.63) is 89.0 Å². The molecule has 3 atom stereocenters. The third kappa shape index (κ3) is 6.10. The Hall–Kier alpha value is -3.63. The van der Waals surface area contributed by atoms with Crippen LogP contribution in [0.4, 0.5) is 5.69 Å². The summed E-state index contributed by atoms with van der Waals surface area (Å²) in [4.78, 5) is 14.6.